The van der Waals surface area contributed by atoms with Crippen LogP contribution in [0.15, 0.2) is 72.8 Å². The maximum Gasteiger partial charge on any atom is 0.243 e. The van der Waals surface area contributed by atoms with Crippen LogP contribution in [-0.2, 0) is 32.6 Å². The van der Waals surface area contributed by atoms with E-state index in [9.17, 15) is 22.4 Å². The second-order valence-corrected chi connectivity index (χ2v) is 13.1. The molecular weight excluding hydrogens is 553 g/mol. The highest BCUT2D eigenvalue weighted by atomic mass is 32.2. The van der Waals surface area contributed by atoms with Gasteiger partial charge in [0.2, 0.25) is 21.8 Å². The maximum absolute atomic E-state index is 13.9. The van der Waals surface area contributed by atoms with E-state index in [-0.39, 0.29) is 49.5 Å². The van der Waals surface area contributed by atoms with Crippen LogP contribution >= 0.6 is 0 Å². The van der Waals surface area contributed by atoms with Crippen LogP contribution in [0.25, 0.3) is 0 Å². The van der Waals surface area contributed by atoms with E-state index >= 15 is 0 Å². The van der Waals surface area contributed by atoms with E-state index in [2.05, 4.69) is 5.32 Å². The van der Waals surface area contributed by atoms with Crippen molar-refractivity contribution in [2.24, 2.45) is 5.92 Å². The molecule has 0 aliphatic carbocycles. The van der Waals surface area contributed by atoms with Gasteiger partial charge in [-0.3, -0.25) is 13.9 Å². The molecule has 3 aromatic carbocycles. The zero-order chi connectivity index (χ0) is 30.9. The molecule has 0 saturated heterocycles. The number of rotatable bonds is 14. The molecule has 1 unspecified atom stereocenters. The van der Waals surface area contributed by atoms with Crippen LogP contribution in [0.4, 0.5) is 10.1 Å². The number of amides is 2. The number of benzene rings is 3. The smallest absolute Gasteiger partial charge is 0.243 e. The van der Waals surface area contributed by atoms with Gasteiger partial charge in [-0.15, -0.1) is 0 Å². The highest BCUT2D eigenvalue weighted by Gasteiger charge is 2.30. The number of sulfonamides is 1. The largest absolute Gasteiger partial charge is 0.354 e. The molecule has 3 aromatic rings. The van der Waals surface area contributed by atoms with Gasteiger partial charge in [-0.1, -0.05) is 68.4 Å². The SMILES string of the molecule is Cc1cccc(N(CCCC(=O)N(Cc2ccc(F)cc2)C(Cc2ccccc2)C(=O)NCC(C)C)S(C)(=O)=O)c1C. The van der Waals surface area contributed by atoms with Gasteiger partial charge in [0.05, 0.1) is 11.9 Å². The van der Waals surface area contributed by atoms with Crippen molar-refractivity contribution in [2.45, 2.75) is 59.5 Å². The van der Waals surface area contributed by atoms with Crippen molar-refractivity contribution in [3.05, 3.63) is 101 Å². The van der Waals surface area contributed by atoms with E-state index in [1.165, 1.54) is 16.4 Å². The molecule has 9 heteroatoms. The lowest BCUT2D eigenvalue weighted by atomic mass is 10.0. The molecule has 0 radical (unpaired) electrons. The Morgan fingerprint density at radius 1 is 0.905 bits per heavy atom. The molecule has 42 heavy (non-hydrogen) atoms. The fraction of sp³-hybridized carbons (Fsp3) is 0.394. The van der Waals surface area contributed by atoms with Gasteiger partial charge in [0.15, 0.2) is 0 Å². The maximum atomic E-state index is 13.9. The summed E-state index contributed by atoms with van der Waals surface area (Å²) >= 11 is 0. The number of nitrogens with one attached hydrogen (secondary N) is 1. The topological polar surface area (TPSA) is 86.8 Å². The van der Waals surface area contributed by atoms with Crippen molar-refractivity contribution in [2.75, 3.05) is 23.7 Å². The molecule has 1 N–H and O–H groups in total. The minimum Gasteiger partial charge on any atom is -0.354 e. The molecule has 0 aromatic heterocycles. The molecule has 0 saturated carbocycles. The van der Waals surface area contributed by atoms with Crippen LogP contribution in [0, 0.1) is 25.6 Å². The summed E-state index contributed by atoms with van der Waals surface area (Å²) < 4.78 is 40.5. The first kappa shape index (κ1) is 32.8. The van der Waals surface area contributed by atoms with Crippen molar-refractivity contribution < 1.29 is 22.4 Å². The monoisotopic (exact) mass is 595 g/mol. The molecule has 0 spiro atoms. The van der Waals surface area contributed by atoms with Gasteiger partial charge in [0.25, 0.3) is 0 Å². The summed E-state index contributed by atoms with van der Waals surface area (Å²) in [7, 11) is -3.61. The van der Waals surface area contributed by atoms with Crippen LogP contribution in [0.5, 0.6) is 0 Å². The van der Waals surface area contributed by atoms with E-state index in [0.29, 0.717) is 24.2 Å². The third-order valence-corrected chi connectivity index (χ3v) is 8.40. The first-order valence-corrected chi connectivity index (χ1v) is 16.1. The van der Waals surface area contributed by atoms with E-state index < -0.39 is 16.1 Å². The van der Waals surface area contributed by atoms with E-state index in [4.69, 9.17) is 0 Å². The fourth-order valence-electron chi connectivity index (χ4n) is 4.75. The Kier molecular flexibility index (Phi) is 11.7. The lowest BCUT2D eigenvalue weighted by Gasteiger charge is -2.32. The number of nitrogens with zero attached hydrogens (tertiary/aromatic N) is 2. The van der Waals surface area contributed by atoms with E-state index in [1.807, 2.05) is 70.2 Å². The predicted octanol–water partition coefficient (Wildman–Crippen LogP) is 5.40. The number of hydrogen-bond donors (Lipinski definition) is 1. The average molecular weight is 596 g/mol. The lowest BCUT2D eigenvalue weighted by molar-refractivity contribution is -0.141. The molecule has 7 nitrogen and oxygen atoms in total. The Morgan fingerprint density at radius 2 is 1.57 bits per heavy atom. The van der Waals surface area contributed by atoms with Gasteiger partial charge in [0.1, 0.15) is 11.9 Å². The Balaban J connectivity index is 1.89. The third-order valence-electron chi connectivity index (χ3n) is 7.22. The molecule has 3 rings (SSSR count). The highest BCUT2D eigenvalue weighted by molar-refractivity contribution is 7.92. The molecule has 226 valence electrons. The Bertz CT molecular complexity index is 1440. The van der Waals surface area contributed by atoms with Gasteiger partial charge >= 0.3 is 0 Å². The summed E-state index contributed by atoms with van der Waals surface area (Å²) in [4.78, 5) is 29.0. The number of halogens is 1. The van der Waals surface area contributed by atoms with Crippen molar-refractivity contribution in [1.82, 2.24) is 10.2 Å². The summed E-state index contributed by atoms with van der Waals surface area (Å²) in [5, 5.41) is 2.98. The van der Waals surface area contributed by atoms with Gasteiger partial charge in [-0.25, -0.2) is 12.8 Å². The predicted molar refractivity (Wildman–Crippen MR) is 166 cm³/mol. The molecular formula is C33H42FN3O4S. The van der Waals surface area contributed by atoms with Crippen molar-refractivity contribution in [3.63, 3.8) is 0 Å². The second kappa shape index (κ2) is 15.0. The highest BCUT2D eigenvalue weighted by Crippen LogP contribution is 2.26. The van der Waals surface area contributed by atoms with Gasteiger partial charge < -0.3 is 10.2 Å². The van der Waals surface area contributed by atoms with E-state index in [1.54, 1.807) is 23.1 Å². The molecule has 2 amide bonds. The molecule has 0 aliphatic heterocycles. The molecule has 1 atom stereocenters. The lowest BCUT2D eigenvalue weighted by Crippen LogP contribution is -2.51. The number of anilines is 1. The van der Waals surface area contributed by atoms with Crippen LogP contribution in [0.2, 0.25) is 0 Å². The van der Waals surface area contributed by atoms with Gasteiger partial charge in [0, 0.05) is 32.5 Å². The number of hydrogen-bond acceptors (Lipinski definition) is 4. The van der Waals surface area contributed by atoms with Gasteiger partial charge in [-0.2, -0.15) is 0 Å². The fourth-order valence-corrected chi connectivity index (χ4v) is 5.77. The zero-order valence-electron chi connectivity index (χ0n) is 25.1. The Hall–Kier alpha value is -3.72. The summed E-state index contributed by atoms with van der Waals surface area (Å²) in [6.45, 7) is 8.48. The number of aryl methyl sites for hydroxylation is 1. The van der Waals surface area contributed by atoms with Crippen molar-refractivity contribution in [1.29, 1.82) is 0 Å². The van der Waals surface area contributed by atoms with Crippen molar-refractivity contribution in [3.8, 4) is 0 Å². The quantitative estimate of drug-likeness (QED) is 0.270. The van der Waals surface area contributed by atoms with E-state index in [0.717, 1.165) is 22.9 Å². The zero-order valence-corrected chi connectivity index (χ0v) is 26.0. The molecule has 0 aliphatic rings. The Morgan fingerprint density at radius 3 is 2.19 bits per heavy atom. The third kappa shape index (κ3) is 9.41. The standard InChI is InChI=1S/C33H42FN3O4S/c1-24(2)22-35-33(39)31(21-27-12-7-6-8-13-27)36(23-28-16-18-29(34)19-17-28)32(38)15-10-20-37(42(5,40)41)30-14-9-11-25(3)26(30)4/h6-9,11-14,16-19,24,31H,10,15,20-23H2,1-5H3,(H,35,39). The summed E-state index contributed by atoms with van der Waals surface area (Å²) in [6.07, 6.45) is 1.74. The minimum absolute atomic E-state index is 0.0286. The molecule has 0 fully saturated rings. The minimum atomic E-state index is -3.61. The van der Waals surface area contributed by atoms with Crippen LogP contribution in [0.3, 0.4) is 0 Å². The molecule has 0 heterocycles. The average Bonchev–Trinajstić information content (AvgIpc) is 2.94. The summed E-state index contributed by atoms with van der Waals surface area (Å²) in [6, 6.07) is 20.1. The van der Waals surface area contributed by atoms with Gasteiger partial charge in [-0.05, 0) is 66.6 Å². The summed E-state index contributed by atoms with van der Waals surface area (Å²) in [5.41, 5.74) is 4.00. The number of carbonyl (C=O) groups excluding carboxylic acids is 2. The Labute approximate surface area is 249 Å². The van der Waals surface area contributed by atoms with Crippen LogP contribution in [0.1, 0.15) is 48.9 Å². The summed E-state index contributed by atoms with van der Waals surface area (Å²) in [5.74, 6) is -0.718. The van der Waals surface area contributed by atoms with Crippen molar-refractivity contribution >= 4 is 27.5 Å². The van der Waals surface area contributed by atoms with Crippen LogP contribution < -0.4 is 9.62 Å². The molecule has 0 bridgehead atoms. The first-order valence-electron chi connectivity index (χ1n) is 14.3. The first-order chi connectivity index (χ1) is 19.9. The normalized spacial score (nSPS) is 12.2. The van der Waals surface area contributed by atoms with Crippen LogP contribution in [-0.4, -0.2) is 50.5 Å². The second-order valence-electron chi connectivity index (χ2n) is 11.2. The number of carbonyl (C=O) groups is 2.